The van der Waals surface area contributed by atoms with E-state index in [1.807, 2.05) is 26.0 Å². The summed E-state index contributed by atoms with van der Waals surface area (Å²) in [5.74, 6) is 1.58. The number of carbonyl (C=O) groups is 1. The highest BCUT2D eigenvalue weighted by molar-refractivity contribution is 5.76. The first-order valence-corrected chi connectivity index (χ1v) is 8.02. The zero-order chi connectivity index (χ0) is 16.8. The van der Waals surface area contributed by atoms with Crippen LogP contribution in [-0.2, 0) is 22.5 Å². The second kappa shape index (κ2) is 8.17. The van der Waals surface area contributed by atoms with Crippen molar-refractivity contribution in [3.8, 4) is 11.5 Å². The van der Waals surface area contributed by atoms with E-state index in [2.05, 4.69) is 5.32 Å². The fourth-order valence-corrected chi connectivity index (χ4v) is 2.65. The zero-order valence-corrected chi connectivity index (χ0v) is 14.1. The van der Waals surface area contributed by atoms with Gasteiger partial charge in [0.1, 0.15) is 17.6 Å². The lowest BCUT2D eigenvalue weighted by Crippen LogP contribution is -2.32. The van der Waals surface area contributed by atoms with Crippen LogP contribution in [-0.4, -0.2) is 38.4 Å². The van der Waals surface area contributed by atoms with Gasteiger partial charge in [0.05, 0.1) is 19.1 Å². The van der Waals surface area contributed by atoms with Crippen molar-refractivity contribution in [1.82, 2.24) is 5.32 Å². The number of nitrogens with two attached hydrogens (primary N) is 1. The van der Waals surface area contributed by atoms with Crippen molar-refractivity contribution in [2.75, 3.05) is 20.3 Å². The van der Waals surface area contributed by atoms with Gasteiger partial charge in [-0.05, 0) is 26.0 Å². The van der Waals surface area contributed by atoms with Crippen molar-refractivity contribution in [2.24, 2.45) is 5.73 Å². The maximum absolute atomic E-state index is 12.0. The molecule has 0 aromatic heterocycles. The predicted octanol–water partition coefficient (Wildman–Crippen LogP) is 1.39. The summed E-state index contributed by atoms with van der Waals surface area (Å²) in [5, 5.41) is 2.89. The SMILES string of the molecule is CCOc1cc2c(cc1CNC(=O)CC(CN)OC)OC(C)C2. The highest BCUT2D eigenvalue weighted by atomic mass is 16.5. The van der Waals surface area contributed by atoms with Gasteiger partial charge in [-0.2, -0.15) is 0 Å². The number of methoxy groups -OCH3 is 1. The average Bonchev–Trinajstić information content (AvgIpc) is 2.89. The van der Waals surface area contributed by atoms with Gasteiger partial charge in [0.15, 0.2) is 0 Å². The Kier molecular flexibility index (Phi) is 6.24. The van der Waals surface area contributed by atoms with Gasteiger partial charge in [-0.15, -0.1) is 0 Å². The number of hydrogen-bond donors (Lipinski definition) is 2. The number of hydrogen-bond acceptors (Lipinski definition) is 5. The maximum atomic E-state index is 12.0. The van der Waals surface area contributed by atoms with Crippen LogP contribution in [0.5, 0.6) is 11.5 Å². The lowest BCUT2D eigenvalue weighted by atomic mass is 10.1. The lowest BCUT2D eigenvalue weighted by molar-refractivity contribution is -0.123. The van der Waals surface area contributed by atoms with Crippen LogP contribution in [0.15, 0.2) is 12.1 Å². The van der Waals surface area contributed by atoms with Gasteiger partial charge in [0.2, 0.25) is 5.91 Å². The molecule has 0 saturated heterocycles. The number of nitrogens with one attached hydrogen (secondary N) is 1. The third-order valence-corrected chi connectivity index (χ3v) is 3.86. The van der Waals surface area contributed by atoms with E-state index in [1.54, 1.807) is 7.11 Å². The van der Waals surface area contributed by atoms with Crippen LogP contribution in [0.4, 0.5) is 0 Å². The quantitative estimate of drug-likeness (QED) is 0.756. The number of fused-ring (bicyclic) bond motifs is 1. The van der Waals surface area contributed by atoms with Gasteiger partial charge < -0.3 is 25.3 Å². The molecule has 0 saturated carbocycles. The van der Waals surface area contributed by atoms with Gasteiger partial charge in [-0.25, -0.2) is 0 Å². The number of carbonyl (C=O) groups excluding carboxylic acids is 1. The summed E-state index contributed by atoms with van der Waals surface area (Å²) in [5.41, 5.74) is 7.60. The molecule has 1 aromatic rings. The molecule has 2 unspecified atom stereocenters. The zero-order valence-electron chi connectivity index (χ0n) is 14.1. The summed E-state index contributed by atoms with van der Waals surface area (Å²) < 4.78 is 16.6. The molecule has 0 radical (unpaired) electrons. The second-order valence-electron chi connectivity index (χ2n) is 5.71. The average molecular weight is 322 g/mol. The topological polar surface area (TPSA) is 82.8 Å². The largest absolute Gasteiger partial charge is 0.494 e. The Hall–Kier alpha value is -1.79. The van der Waals surface area contributed by atoms with Crippen molar-refractivity contribution in [2.45, 2.75) is 45.4 Å². The normalized spacial score (nSPS) is 17.3. The molecule has 23 heavy (non-hydrogen) atoms. The summed E-state index contributed by atoms with van der Waals surface area (Å²) in [6, 6.07) is 3.97. The fraction of sp³-hybridized carbons (Fsp3) is 0.588. The molecule has 0 bridgehead atoms. The van der Waals surface area contributed by atoms with Gasteiger partial charge in [-0.1, -0.05) is 0 Å². The Bertz CT molecular complexity index is 544. The highest BCUT2D eigenvalue weighted by Gasteiger charge is 2.22. The van der Waals surface area contributed by atoms with Crippen LogP contribution in [0, 0.1) is 0 Å². The highest BCUT2D eigenvalue weighted by Crippen LogP contribution is 2.35. The molecule has 0 fully saturated rings. The Labute approximate surface area is 137 Å². The number of amides is 1. The molecule has 0 spiro atoms. The first-order valence-electron chi connectivity index (χ1n) is 8.02. The summed E-state index contributed by atoms with van der Waals surface area (Å²) >= 11 is 0. The molecular weight excluding hydrogens is 296 g/mol. The Balaban J connectivity index is 2.04. The van der Waals surface area contributed by atoms with E-state index in [4.69, 9.17) is 19.9 Å². The third-order valence-electron chi connectivity index (χ3n) is 3.86. The van der Waals surface area contributed by atoms with Gasteiger partial charge >= 0.3 is 0 Å². The minimum atomic E-state index is -0.259. The Morgan fingerprint density at radius 1 is 1.52 bits per heavy atom. The van der Waals surface area contributed by atoms with E-state index in [1.165, 1.54) is 0 Å². The van der Waals surface area contributed by atoms with Crippen LogP contribution in [0.1, 0.15) is 31.4 Å². The summed E-state index contributed by atoms with van der Waals surface area (Å²) in [7, 11) is 1.55. The molecule has 1 amide bonds. The minimum Gasteiger partial charge on any atom is -0.494 e. The van der Waals surface area contributed by atoms with Crippen LogP contribution >= 0.6 is 0 Å². The van der Waals surface area contributed by atoms with Crippen molar-refractivity contribution < 1.29 is 19.0 Å². The van der Waals surface area contributed by atoms with E-state index < -0.39 is 0 Å². The second-order valence-corrected chi connectivity index (χ2v) is 5.71. The number of benzene rings is 1. The molecular formula is C17H26N2O4. The van der Waals surface area contributed by atoms with E-state index >= 15 is 0 Å². The first kappa shape index (κ1) is 17.6. The molecule has 3 N–H and O–H groups in total. The van der Waals surface area contributed by atoms with Crippen LogP contribution in [0.3, 0.4) is 0 Å². The van der Waals surface area contributed by atoms with Crippen molar-refractivity contribution in [1.29, 1.82) is 0 Å². The fourth-order valence-electron chi connectivity index (χ4n) is 2.65. The van der Waals surface area contributed by atoms with Gasteiger partial charge in [0, 0.05) is 37.7 Å². The van der Waals surface area contributed by atoms with E-state index in [0.717, 1.165) is 29.0 Å². The molecule has 1 aliphatic heterocycles. The molecule has 6 nitrogen and oxygen atoms in total. The van der Waals surface area contributed by atoms with E-state index in [0.29, 0.717) is 19.7 Å². The molecule has 6 heteroatoms. The van der Waals surface area contributed by atoms with Crippen LogP contribution in [0.2, 0.25) is 0 Å². The summed E-state index contributed by atoms with van der Waals surface area (Å²) in [6.07, 6.45) is 1.05. The van der Waals surface area contributed by atoms with Crippen LogP contribution < -0.4 is 20.5 Å². The maximum Gasteiger partial charge on any atom is 0.222 e. The molecule has 2 atom stereocenters. The Morgan fingerprint density at radius 2 is 2.30 bits per heavy atom. The molecule has 128 valence electrons. The third kappa shape index (κ3) is 4.59. The standard InChI is InChI=1S/C17H26N2O4/c1-4-22-15-6-12-5-11(2)23-16(12)7-13(15)10-19-17(20)8-14(9-18)21-3/h6-7,11,14H,4-5,8-10,18H2,1-3H3,(H,19,20). The molecule has 1 aliphatic rings. The molecule has 1 heterocycles. The van der Waals surface area contributed by atoms with Crippen molar-refractivity contribution >= 4 is 5.91 Å². The van der Waals surface area contributed by atoms with Gasteiger partial charge in [0.25, 0.3) is 0 Å². The molecule has 2 rings (SSSR count). The summed E-state index contributed by atoms with van der Waals surface area (Å²) in [6.45, 7) is 5.27. The van der Waals surface area contributed by atoms with E-state index in [-0.39, 0.29) is 24.5 Å². The Morgan fingerprint density at radius 3 is 2.96 bits per heavy atom. The molecule has 0 aliphatic carbocycles. The number of ether oxygens (including phenoxy) is 3. The smallest absolute Gasteiger partial charge is 0.222 e. The summed E-state index contributed by atoms with van der Waals surface area (Å²) in [4.78, 5) is 12.0. The van der Waals surface area contributed by atoms with Crippen LogP contribution in [0.25, 0.3) is 0 Å². The van der Waals surface area contributed by atoms with Gasteiger partial charge in [-0.3, -0.25) is 4.79 Å². The molecule has 1 aromatic carbocycles. The predicted molar refractivity (Wildman–Crippen MR) is 87.7 cm³/mol. The number of rotatable bonds is 8. The van der Waals surface area contributed by atoms with Crippen molar-refractivity contribution in [3.05, 3.63) is 23.3 Å². The first-order chi connectivity index (χ1) is 11.1. The van der Waals surface area contributed by atoms with Crippen molar-refractivity contribution in [3.63, 3.8) is 0 Å². The minimum absolute atomic E-state index is 0.0977. The lowest BCUT2D eigenvalue weighted by Gasteiger charge is -2.15. The monoisotopic (exact) mass is 322 g/mol. The van der Waals surface area contributed by atoms with E-state index in [9.17, 15) is 4.79 Å².